The monoisotopic (exact) mass is 207 g/mol. The molecule has 0 aliphatic carbocycles. The molecular weight excluding hydrogens is 190 g/mol. The summed E-state index contributed by atoms with van der Waals surface area (Å²) in [5.41, 5.74) is 0.942. The number of hydrogen-bond donors (Lipinski definition) is 1. The van der Waals surface area contributed by atoms with Crippen LogP contribution in [-0.4, -0.2) is 19.1 Å². The van der Waals surface area contributed by atoms with Crippen molar-refractivity contribution in [1.29, 1.82) is 0 Å². The fraction of sp³-hybridized carbons (Fsp3) is 0.417. The van der Waals surface area contributed by atoms with Crippen LogP contribution in [0.3, 0.4) is 0 Å². The summed E-state index contributed by atoms with van der Waals surface area (Å²) in [5, 5.41) is 3.11. The molecule has 0 aromatic heterocycles. The van der Waals surface area contributed by atoms with Crippen LogP contribution in [-0.2, 0) is 9.53 Å². The topological polar surface area (TPSA) is 38.3 Å². The number of benzene rings is 1. The Labute approximate surface area is 90.4 Å². The molecule has 0 fully saturated rings. The van der Waals surface area contributed by atoms with E-state index >= 15 is 0 Å². The number of hydrogen-bond acceptors (Lipinski definition) is 3. The zero-order chi connectivity index (χ0) is 11.1. The first kappa shape index (κ1) is 11.7. The van der Waals surface area contributed by atoms with E-state index in [2.05, 4.69) is 5.32 Å². The Balaban J connectivity index is 2.78. The molecule has 0 amide bonds. The van der Waals surface area contributed by atoms with Gasteiger partial charge in [0.25, 0.3) is 0 Å². The van der Waals surface area contributed by atoms with Gasteiger partial charge in [-0.1, -0.05) is 37.3 Å². The molecule has 82 valence electrons. The third-order valence-corrected chi connectivity index (χ3v) is 2.06. The molecule has 1 unspecified atom stereocenters. The van der Waals surface area contributed by atoms with E-state index in [1.54, 1.807) is 0 Å². The zero-order valence-corrected chi connectivity index (χ0v) is 9.19. The van der Waals surface area contributed by atoms with Crippen molar-refractivity contribution < 1.29 is 9.53 Å². The van der Waals surface area contributed by atoms with Crippen LogP contribution < -0.4 is 5.32 Å². The summed E-state index contributed by atoms with van der Waals surface area (Å²) in [6.45, 7) is 4.92. The Bertz CT molecular complexity index is 298. The largest absolute Gasteiger partial charge is 0.465 e. The van der Waals surface area contributed by atoms with Gasteiger partial charge in [0.05, 0.1) is 6.61 Å². The maximum Gasteiger partial charge on any atom is 0.327 e. The van der Waals surface area contributed by atoms with Gasteiger partial charge < -0.3 is 10.1 Å². The van der Waals surface area contributed by atoms with Crippen LogP contribution in [0.5, 0.6) is 0 Å². The molecule has 1 aromatic carbocycles. The first-order chi connectivity index (χ1) is 7.29. The van der Waals surface area contributed by atoms with E-state index in [1.165, 1.54) is 0 Å². The van der Waals surface area contributed by atoms with Gasteiger partial charge in [0.1, 0.15) is 6.04 Å². The molecule has 15 heavy (non-hydrogen) atoms. The number of likely N-dealkylation sites (N-methyl/N-ethyl adjacent to an activating group) is 1. The van der Waals surface area contributed by atoms with Crippen LogP contribution in [0.1, 0.15) is 25.5 Å². The first-order valence-corrected chi connectivity index (χ1v) is 5.24. The van der Waals surface area contributed by atoms with E-state index < -0.39 is 0 Å². The minimum atomic E-state index is -0.351. The number of carbonyl (C=O) groups excluding carboxylic acids is 1. The Morgan fingerprint density at radius 3 is 2.53 bits per heavy atom. The third kappa shape index (κ3) is 3.36. The molecule has 0 radical (unpaired) electrons. The summed E-state index contributed by atoms with van der Waals surface area (Å²) in [4.78, 5) is 11.6. The molecule has 1 aromatic rings. The van der Waals surface area contributed by atoms with Crippen LogP contribution >= 0.6 is 0 Å². The van der Waals surface area contributed by atoms with Crippen LogP contribution in [0, 0.1) is 0 Å². The highest BCUT2D eigenvalue weighted by Gasteiger charge is 2.19. The van der Waals surface area contributed by atoms with Gasteiger partial charge in [-0.25, -0.2) is 4.79 Å². The van der Waals surface area contributed by atoms with Crippen molar-refractivity contribution in [3.05, 3.63) is 35.9 Å². The summed E-state index contributed by atoms with van der Waals surface area (Å²) in [6, 6.07) is 9.25. The van der Waals surface area contributed by atoms with Gasteiger partial charge in [-0.15, -0.1) is 0 Å². The molecule has 0 aliphatic heterocycles. The fourth-order valence-electron chi connectivity index (χ4n) is 1.41. The van der Waals surface area contributed by atoms with Crippen molar-refractivity contribution in [2.45, 2.75) is 19.9 Å². The van der Waals surface area contributed by atoms with Gasteiger partial charge >= 0.3 is 5.97 Å². The van der Waals surface area contributed by atoms with Crippen molar-refractivity contribution in [2.75, 3.05) is 13.2 Å². The number of esters is 1. The Morgan fingerprint density at radius 2 is 2.00 bits per heavy atom. The van der Waals surface area contributed by atoms with E-state index in [1.807, 2.05) is 44.2 Å². The van der Waals surface area contributed by atoms with Crippen LogP contribution in [0.15, 0.2) is 30.3 Å². The van der Waals surface area contributed by atoms with E-state index in [-0.39, 0.29) is 12.0 Å². The van der Waals surface area contributed by atoms with Crippen molar-refractivity contribution in [1.82, 2.24) is 5.32 Å². The SMILES string of the molecule is CCNC(C(=O)OCC)c1ccccc1. The number of nitrogens with one attached hydrogen (secondary N) is 1. The third-order valence-electron chi connectivity index (χ3n) is 2.06. The maximum atomic E-state index is 11.6. The molecule has 0 bridgehead atoms. The quantitative estimate of drug-likeness (QED) is 0.749. The molecular formula is C12H17NO2. The Hall–Kier alpha value is -1.35. The van der Waals surface area contributed by atoms with Gasteiger partial charge in [-0.05, 0) is 19.0 Å². The minimum absolute atomic E-state index is 0.217. The smallest absolute Gasteiger partial charge is 0.327 e. The van der Waals surface area contributed by atoms with Crippen molar-refractivity contribution in [2.24, 2.45) is 0 Å². The van der Waals surface area contributed by atoms with E-state index in [0.29, 0.717) is 6.61 Å². The van der Waals surface area contributed by atoms with Gasteiger partial charge in [0.2, 0.25) is 0 Å². The van der Waals surface area contributed by atoms with E-state index in [4.69, 9.17) is 4.74 Å². The number of ether oxygens (including phenoxy) is 1. The Kier molecular flexibility index (Phi) is 4.84. The molecule has 1 N–H and O–H groups in total. The van der Waals surface area contributed by atoms with Gasteiger partial charge in [0, 0.05) is 0 Å². The molecule has 0 heterocycles. The van der Waals surface area contributed by atoms with Crippen molar-refractivity contribution in [3.8, 4) is 0 Å². The molecule has 1 atom stereocenters. The highest BCUT2D eigenvalue weighted by molar-refractivity contribution is 5.77. The normalized spacial score (nSPS) is 12.1. The van der Waals surface area contributed by atoms with Gasteiger partial charge in [-0.3, -0.25) is 0 Å². The zero-order valence-electron chi connectivity index (χ0n) is 9.19. The van der Waals surface area contributed by atoms with E-state index in [9.17, 15) is 4.79 Å². The van der Waals surface area contributed by atoms with Crippen LogP contribution in [0.4, 0.5) is 0 Å². The first-order valence-electron chi connectivity index (χ1n) is 5.24. The minimum Gasteiger partial charge on any atom is -0.465 e. The van der Waals surface area contributed by atoms with E-state index in [0.717, 1.165) is 12.1 Å². The number of carbonyl (C=O) groups is 1. The highest BCUT2D eigenvalue weighted by atomic mass is 16.5. The van der Waals surface area contributed by atoms with Gasteiger partial charge in [-0.2, -0.15) is 0 Å². The number of rotatable bonds is 5. The lowest BCUT2D eigenvalue weighted by molar-refractivity contribution is -0.145. The molecule has 1 rings (SSSR count). The lowest BCUT2D eigenvalue weighted by Crippen LogP contribution is -2.30. The van der Waals surface area contributed by atoms with Crippen LogP contribution in [0.2, 0.25) is 0 Å². The molecule has 0 saturated carbocycles. The molecule has 0 spiro atoms. The second-order valence-electron chi connectivity index (χ2n) is 3.15. The summed E-state index contributed by atoms with van der Waals surface area (Å²) in [5.74, 6) is -0.217. The molecule has 0 aliphatic rings. The summed E-state index contributed by atoms with van der Waals surface area (Å²) >= 11 is 0. The predicted molar refractivity (Wildman–Crippen MR) is 59.5 cm³/mol. The standard InChI is InChI=1S/C12H17NO2/c1-3-13-11(12(14)15-4-2)10-8-6-5-7-9-10/h5-9,11,13H,3-4H2,1-2H3. The van der Waals surface area contributed by atoms with Crippen LogP contribution in [0.25, 0.3) is 0 Å². The average Bonchev–Trinajstić information content (AvgIpc) is 2.27. The second-order valence-corrected chi connectivity index (χ2v) is 3.15. The van der Waals surface area contributed by atoms with Crippen molar-refractivity contribution >= 4 is 5.97 Å². The predicted octanol–water partition coefficient (Wildman–Crippen LogP) is 1.90. The molecule has 3 heteroatoms. The van der Waals surface area contributed by atoms with Crippen molar-refractivity contribution in [3.63, 3.8) is 0 Å². The highest BCUT2D eigenvalue weighted by Crippen LogP contribution is 2.13. The average molecular weight is 207 g/mol. The maximum absolute atomic E-state index is 11.6. The molecule has 0 saturated heterocycles. The second kappa shape index (κ2) is 6.19. The summed E-state index contributed by atoms with van der Waals surface area (Å²) < 4.78 is 5.01. The lowest BCUT2D eigenvalue weighted by atomic mass is 10.1. The fourth-order valence-corrected chi connectivity index (χ4v) is 1.41. The summed E-state index contributed by atoms with van der Waals surface area (Å²) in [7, 11) is 0. The summed E-state index contributed by atoms with van der Waals surface area (Å²) in [6.07, 6.45) is 0. The van der Waals surface area contributed by atoms with Gasteiger partial charge in [0.15, 0.2) is 0 Å². The lowest BCUT2D eigenvalue weighted by Gasteiger charge is -2.16. The molecule has 3 nitrogen and oxygen atoms in total. The Morgan fingerprint density at radius 1 is 1.33 bits per heavy atom.